The molecule has 3 aromatic rings. The Balaban J connectivity index is 1.69. The third-order valence-corrected chi connectivity index (χ3v) is 5.14. The Labute approximate surface area is 175 Å². The number of aromatic nitrogens is 1. The molecule has 2 aromatic carbocycles. The SMILES string of the molecule is C=CCc1c(O[C@H]2CN[C@H](C(=O)O)C2)nc2ccccc2c1OCc1ccccc1. The topological polar surface area (TPSA) is 80.7 Å². The number of fused-ring (bicyclic) bond motifs is 1. The molecule has 6 nitrogen and oxygen atoms in total. The van der Waals surface area contributed by atoms with Gasteiger partial charge in [0.2, 0.25) is 5.88 Å². The first kappa shape index (κ1) is 19.9. The maximum absolute atomic E-state index is 11.3. The van der Waals surface area contributed by atoms with Crippen molar-refractivity contribution in [3.63, 3.8) is 0 Å². The molecule has 1 fully saturated rings. The van der Waals surface area contributed by atoms with Crippen molar-refractivity contribution in [2.24, 2.45) is 0 Å². The number of benzene rings is 2. The van der Waals surface area contributed by atoms with Crippen LogP contribution in [0.1, 0.15) is 17.5 Å². The van der Waals surface area contributed by atoms with Crippen molar-refractivity contribution in [3.05, 3.63) is 78.4 Å². The van der Waals surface area contributed by atoms with Crippen LogP contribution in [0.3, 0.4) is 0 Å². The second-order valence-corrected chi connectivity index (χ2v) is 7.28. The molecule has 2 heterocycles. The fourth-order valence-corrected chi connectivity index (χ4v) is 3.66. The molecule has 0 saturated carbocycles. The van der Waals surface area contributed by atoms with Crippen molar-refractivity contribution in [2.75, 3.05) is 6.54 Å². The lowest BCUT2D eigenvalue weighted by Crippen LogP contribution is -2.30. The van der Waals surface area contributed by atoms with E-state index in [0.717, 1.165) is 27.8 Å². The third kappa shape index (κ3) is 4.28. The van der Waals surface area contributed by atoms with Crippen LogP contribution in [0.15, 0.2) is 67.3 Å². The van der Waals surface area contributed by atoms with Gasteiger partial charge in [-0.15, -0.1) is 6.58 Å². The lowest BCUT2D eigenvalue weighted by atomic mass is 10.1. The van der Waals surface area contributed by atoms with Crippen molar-refractivity contribution < 1.29 is 19.4 Å². The van der Waals surface area contributed by atoms with E-state index in [9.17, 15) is 9.90 Å². The van der Waals surface area contributed by atoms with Crippen LogP contribution in [-0.4, -0.2) is 34.8 Å². The van der Waals surface area contributed by atoms with Crippen LogP contribution < -0.4 is 14.8 Å². The van der Waals surface area contributed by atoms with E-state index in [1.807, 2.05) is 54.6 Å². The molecule has 1 aliphatic heterocycles. The van der Waals surface area contributed by atoms with Gasteiger partial charge in [-0.3, -0.25) is 4.79 Å². The quantitative estimate of drug-likeness (QED) is 0.557. The fraction of sp³-hybridized carbons (Fsp3) is 0.250. The number of carboxylic acid groups (broad SMARTS) is 1. The monoisotopic (exact) mass is 404 g/mol. The minimum Gasteiger partial charge on any atom is -0.488 e. The molecule has 1 aromatic heterocycles. The molecule has 6 heteroatoms. The molecule has 1 aliphatic rings. The minimum atomic E-state index is -0.870. The Bertz CT molecular complexity index is 1050. The van der Waals surface area contributed by atoms with Crippen molar-refractivity contribution in [1.29, 1.82) is 0 Å². The molecule has 0 unspecified atom stereocenters. The molecule has 0 aliphatic carbocycles. The average molecular weight is 404 g/mol. The molecule has 1 saturated heterocycles. The van der Waals surface area contributed by atoms with Crippen LogP contribution in [0.4, 0.5) is 0 Å². The summed E-state index contributed by atoms with van der Waals surface area (Å²) < 4.78 is 12.5. The van der Waals surface area contributed by atoms with Gasteiger partial charge in [0.15, 0.2) is 0 Å². The molecule has 30 heavy (non-hydrogen) atoms. The van der Waals surface area contributed by atoms with Crippen LogP contribution >= 0.6 is 0 Å². The van der Waals surface area contributed by atoms with Gasteiger partial charge in [0.25, 0.3) is 0 Å². The Hall–Kier alpha value is -3.38. The normalized spacial score (nSPS) is 18.3. The average Bonchev–Trinajstić information content (AvgIpc) is 3.23. The van der Waals surface area contributed by atoms with Crippen LogP contribution in [-0.2, 0) is 17.8 Å². The summed E-state index contributed by atoms with van der Waals surface area (Å²) in [6.45, 7) is 4.75. The predicted molar refractivity (Wildman–Crippen MR) is 115 cm³/mol. The summed E-state index contributed by atoms with van der Waals surface area (Å²) in [4.78, 5) is 16.0. The molecule has 2 N–H and O–H groups in total. The zero-order valence-electron chi connectivity index (χ0n) is 16.6. The van der Waals surface area contributed by atoms with Crippen LogP contribution in [0.25, 0.3) is 10.9 Å². The Morgan fingerprint density at radius 3 is 2.70 bits per heavy atom. The van der Waals surface area contributed by atoms with Gasteiger partial charge in [-0.2, -0.15) is 0 Å². The summed E-state index contributed by atoms with van der Waals surface area (Å²) in [5, 5.41) is 13.1. The lowest BCUT2D eigenvalue weighted by molar-refractivity contribution is -0.139. The number of hydrogen-bond acceptors (Lipinski definition) is 5. The van der Waals surface area contributed by atoms with Crippen LogP contribution in [0.2, 0.25) is 0 Å². The van der Waals surface area contributed by atoms with Crippen molar-refractivity contribution >= 4 is 16.9 Å². The minimum absolute atomic E-state index is 0.273. The summed E-state index contributed by atoms with van der Waals surface area (Å²) in [6, 6.07) is 17.1. The summed E-state index contributed by atoms with van der Waals surface area (Å²) >= 11 is 0. The van der Waals surface area contributed by atoms with Crippen molar-refractivity contribution in [2.45, 2.75) is 31.6 Å². The molecule has 0 radical (unpaired) electrons. The molecule has 0 amide bonds. The van der Waals surface area contributed by atoms with Gasteiger partial charge in [0, 0.05) is 18.4 Å². The predicted octanol–water partition coefficient (Wildman–Crippen LogP) is 3.74. The first-order valence-electron chi connectivity index (χ1n) is 9.97. The first-order chi connectivity index (χ1) is 14.7. The number of aliphatic carboxylic acids is 1. The largest absolute Gasteiger partial charge is 0.488 e. The zero-order chi connectivity index (χ0) is 20.9. The number of para-hydroxylation sites is 1. The molecular weight excluding hydrogens is 380 g/mol. The van der Waals surface area contributed by atoms with Crippen molar-refractivity contribution in [3.8, 4) is 11.6 Å². The Kier molecular flexibility index (Phi) is 5.95. The Morgan fingerprint density at radius 2 is 1.97 bits per heavy atom. The summed E-state index contributed by atoms with van der Waals surface area (Å²) in [7, 11) is 0. The van der Waals surface area contributed by atoms with E-state index in [1.54, 1.807) is 6.08 Å². The van der Waals surface area contributed by atoms with Crippen LogP contribution in [0.5, 0.6) is 11.6 Å². The zero-order valence-corrected chi connectivity index (χ0v) is 16.6. The van der Waals surface area contributed by atoms with Gasteiger partial charge in [-0.25, -0.2) is 4.98 Å². The second kappa shape index (κ2) is 8.97. The lowest BCUT2D eigenvalue weighted by Gasteiger charge is -2.19. The van der Waals surface area contributed by atoms with E-state index in [2.05, 4.69) is 11.9 Å². The molecule has 0 bridgehead atoms. The number of rotatable bonds is 8. The molecule has 4 rings (SSSR count). The third-order valence-electron chi connectivity index (χ3n) is 5.14. The van der Waals surface area contributed by atoms with E-state index in [0.29, 0.717) is 31.9 Å². The smallest absolute Gasteiger partial charge is 0.320 e. The molecule has 0 spiro atoms. The number of carbonyl (C=O) groups is 1. The van der Waals surface area contributed by atoms with E-state index < -0.39 is 12.0 Å². The van der Waals surface area contributed by atoms with Crippen LogP contribution in [0, 0.1) is 0 Å². The second-order valence-electron chi connectivity index (χ2n) is 7.28. The maximum atomic E-state index is 11.3. The number of pyridine rings is 1. The van der Waals surface area contributed by atoms with Gasteiger partial charge in [-0.1, -0.05) is 48.5 Å². The highest BCUT2D eigenvalue weighted by atomic mass is 16.5. The van der Waals surface area contributed by atoms with Gasteiger partial charge in [0.1, 0.15) is 24.5 Å². The summed E-state index contributed by atoms with van der Waals surface area (Å²) in [5.74, 6) is 0.320. The summed E-state index contributed by atoms with van der Waals surface area (Å²) in [6.07, 6.45) is 2.43. The van der Waals surface area contributed by atoms with Gasteiger partial charge in [-0.05, 0) is 24.1 Å². The maximum Gasteiger partial charge on any atom is 0.320 e. The highest BCUT2D eigenvalue weighted by Gasteiger charge is 2.31. The van der Waals surface area contributed by atoms with E-state index in [-0.39, 0.29) is 6.10 Å². The highest BCUT2D eigenvalue weighted by molar-refractivity contribution is 5.87. The van der Waals surface area contributed by atoms with E-state index >= 15 is 0 Å². The number of carboxylic acids is 1. The number of nitrogens with zero attached hydrogens (tertiary/aromatic N) is 1. The molecular formula is C24H24N2O4. The fourth-order valence-electron chi connectivity index (χ4n) is 3.66. The van der Waals surface area contributed by atoms with E-state index in [1.165, 1.54) is 0 Å². The van der Waals surface area contributed by atoms with Gasteiger partial charge < -0.3 is 19.9 Å². The van der Waals surface area contributed by atoms with Crippen molar-refractivity contribution in [1.82, 2.24) is 10.3 Å². The standard InChI is InChI=1S/C24H24N2O4/c1-2-8-19-22(29-15-16-9-4-3-5-10-16)18-11-6-7-12-20(18)26-23(19)30-17-13-21(24(27)28)25-14-17/h2-7,9-12,17,21,25H,1,8,13-15H2,(H,27,28)/t17-,21+/m1/s1. The number of hydrogen-bond donors (Lipinski definition) is 2. The van der Waals surface area contributed by atoms with Gasteiger partial charge >= 0.3 is 5.97 Å². The number of allylic oxidation sites excluding steroid dienone is 1. The summed E-state index contributed by atoms with van der Waals surface area (Å²) in [5.41, 5.74) is 2.65. The Morgan fingerprint density at radius 1 is 1.20 bits per heavy atom. The van der Waals surface area contributed by atoms with E-state index in [4.69, 9.17) is 14.5 Å². The highest BCUT2D eigenvalue weighted by Crippen LogP contribution is 2.36. The molecule has 154 valence electrons. The van der Waals surface area contributed by atoms with Gasteiger partial charge in [0.05, 0.1) is 11.1 Å². The number of nitrogens with one attached hydrogen (secondary N) is 1. The molecule has 2 atom stereocenters. The number of ether oxygens (including phenoxy) is 2. The first-order valence-corrected chi connectivity index (χ1v) is 9.97.